The number of aliphatic hydroxyl groups is 1. The lowest BCUT2D eigenvalue weighted by Crippen LogP contribution is -2.36. The maximum atomic E-state index is 10.3. The van der Waals surface area contributed by atoms with Gasteiger partial charge in [-0.2, -0.15) is 0 Å². The van der Waals surface area contributed by atoms with Crippen molar-refractivity contribution in [3.63, 3.8) is 0 Å². The summed E-state index contributed by atoms with van der Waals surface area (Å²) in [6, 6.07) is 0. The van der Waals surface area contributed by atoms with Gasteiger partial charge >= 0.3 is 5.97 Å². The predicted molar refractivity (Wildman–Crippen MR) is 37.7 cm³/mol. The zero-order valence-corrected chi connectivity index (χ0v) is 6.00. The molecular weight excluding hydrogens is 132 g/mol. The smallest absolute Gasteiger partial charge is 0.335 e. The topological polar surface area (TPSA) is 57.5 Å². The number of carbonyl (C=O) groups is 1. The molecule has 10 heavy (non-hydrogen) atoms. The fourth-order valence-electron chi connectivity index (χ4n) is 0.622. The lowest BCUT2D eigenvalue weighted by atomic mass is 9.97. The van der Waals surface area contributed by atoms with Gasteiger partial charge in [-0.1, -0.05) is 13.0 Å². The van der Waals surface area contributed by atoms with Crippen LogP contribution in [0.1, 0.15) is 19.8 Å². The third-order valence-electron chi connectivity index (χ3n) is 1.47. The molecule has 0 radical (unpaired) electrons. The molecule has 0 fully saturated rings. The van der Waals surface area contributed by atoms with E-state index in [4.69, 9.17) is 5.11 Å². The molecule has 0 saturated carbocycles. The van der Waals surface area contributed by atoms with E-state index in [9.17, 15) is 9.90 Å². The van der Waals surface area contributed by atoms with E-state index in [1.165, 1.54) is 6.08 Å². The number of aliphatic carboxylic acids is 1. The van der Waals surface area contributed by atoms with E-state index >= 15 is 0 Å². The van der Waals surface area contributed by atoms with Crippen LogP contribution in [0.25, 0.3) is 0 Å². The van der Waals surface area contributed by atoms with Crippen LogP contribution in [0.2, 0.25) is 0 Å². The van der Waals surface area contributed by atoms with E-state index in [0.717, 1.165) is 0 Å². The van der Waals surface area contributed by atoms with Crippen molar-refractivity contribution in [3.8, 4) is 0 Å². The predicted octanol–water partition coefficient (Wildman–Crippen LogP) is 0.788. The van der Waals surface area contributed by atoms with Gasteiger partial charge in [-0.3, -0.25) is 0 Å². The third kappa shape index (κ3) is 1.84. The van der Waals surface area contributed by atoms with E-state index in [1.807, 2.05) is 0 Å². The molecule has 0 unspecified atom stereocenters. The van der Waals surface area contributed by atoms with Gasteiger partial charge in [-0.25, -0.2) is 4.79 Å². The molecule has 0 aliphatic rings. The van der Waals surface area contributed by atoms with Crippen molar-refractivity contribution in [2.24, 2.45) is 0 Å². The number of hydrogen-bond donors (Lipinski definition) is 2. The Labute approximate surface area is 60.0 Å². The summed E-state index contributed by atoms with van der Waals surface area (Å²) in [6.07, 6.45) is 1.70. The number of rotatable bonds is 4. The highest BCUT2D eigenvalue weighted by atomic mass is 16.4. The van der Waals surface area contributed by atoms with Crippen molar-refractivity contribution in [3.05, 3.63) is 12.7 Å². The molecule has 0 spiro atoms. The molecule has 1 atom stereocenters. The first-order chi connectivity index (χ1) is 4.56. The molecule has 58 valence electrons. The van der Waals surface area contributed by atoms with E-state index in [0.29, 0.717) is 0 Å². The Bertz CT molecular complexity index is 142. The van der Waals surface area contributed by atoms with Crippen LogP contribution >= 0.6 is 0 Å². The fourth-order valence-corrected chi connectivity index (χ4v) is 0.622. The van der Waals surface area contributed by atoms with Crippen molar-refractivity contribution in [2.75, 3.05) is 0 Å². The summed E-state index contributed by atoms with van der Waals surface area (Å²) in [5.41, 5.74) is -1.61. The second-order valence-electron chi connectivity index (χ2n) is 2.18. The molecule has 3 nitrogen and oxygen atoms in total. The maximum Gasteiger partial charge on any atom is 0.335 e. The van der Waals surface area contributed by atoms with Gasteiger partial charge in [0.05, 0.1) is 0 Å². The monoisotopic (exact) mass is 144 g/mol. The van der Waals surface area contributed by atoms with E-state index in [-0.39, 0.29) is 12.8 Å². The molecule has 0 aliphatic heterocycles. The second-order valence-corrected chi connectivity index (χ2v) is 2.18. The Morgan fingerprint density at radius 1 is 1.80 bits per heavy atom. The van der Waals surface area contributed by atoms with E-state index < -0.39 is 11.6 Å². The van der Waals surface area contributed by atoms with Gasteiger partial charge in [-0.15, -0.1) is 6.58 Å². The van der Waals surface area contributed by atoms with Gasteiger partial charge in [-0.05, 0) is 6.42 Å². The molecule has 0 aliphatic carbocycles. The molecule has 0 saturated heterocycles. The zero-order valence-electron chi connectivity index (χ0n) is 6.00. The maximum absolute atomic E-state index is 10.3. The summed E-state index contributed by atoms with van der Waals surface area (Å²) in [5, 5.41) is 17.7. The largest absolute Gasteiger partial charge is 0.479 e. The van der Waals surface area contributed by atoms with Crippen LogP contribution in [-0.2, 0) is 4.79 Å². The standard InChI is InChI=1S/C7H12O3/c1-3-5-7(10,4-2)6(8)9/h3,10H,1,4-5H2,2H3,(H,8,9)/t7-/m1/s1. The van der Waals surface area contributed by atoms with Crippen molar-refractivity contribution < 1.29 is 15.0 Å². The van der Waals surface area contributed by atoms with Crippen LogP contribution in [0, 0.1) is 0 Å². The van der Waals surface area contributed by atoms with E-state index in [1.54, 1.807) is 6.92 Å². The Morgan fingerprint density at radius 2 is 2.30 bits per heavy atom. The quantitative estimate of drug-likeness (QED) is 0.573. The van der Waals surface area contributed by atoms with Crippen LogP contribution in [0.3, 0.4) is 0 Å². The molecule has 2 N–H and O–H groups in total. The highest BCUT2D eigenvalue weighted by Gasteiger charge is 2.31. The van der Waals surface area contributed by atoms with Crippen LogP contribution < -0.4 is 0 Å². The molecule has 0 rings (SSSR count). The molecule has 0 aromatic rings. The van der Waals surface area contributed by atoms with Crippen LogP contribution in [0.4, 0.5) is 0 Å². The molecule has 3 heteroatoms. The van der Waals surface area contributed by atoms with Gasteiger partial charge in [0.25, 0.3) is 0 Å². The molecule has 0 aromatic heterocycles. The fraction of sp³-hybridized carbons (Fsp3) is 0.571. The van der Waals surface area contributed by atoms with Gasteiger partial charge in [0.1, 0.15) is 0 Å². The number of carboxylic acid groups (broad SMARTS) is 1. The molecule has 0 bridgehead atoms. The van der Waals surface area contributed by atoms with Crippen LogP contribution in [0.15, 0.2) is 12.7 Å². The number of hydrogen-bond acceptors (Lipinski definition) is 2. The summed E-state index contributed by atoms with van der Waals surface area (Å²) in [7, 11) is 0. The number of carboxylic acids is 1. The first-order valence-corrected chi connectivity index (χ1v) is 3.13. The minimum atomic E-state index is -1.61. The second kappa shape index (κ2) is 3.37. The van der Waals surface area contributed by atoms with Gasteiger partial charge < -0.3 is 10.2 Å². The van der Waals surface area contributed by atoms with E-state index in [2.05, 4.69) is 6.58 Å². The lowest BCUT2D eigenvalue weighted by Gasteiger charge is -2.18. The minimum absolute atomic E-state index is 0.0961. The first-order valence-electron chi connectivity index (χ1n) is 3.13. The van der Waals surface area contributed by atoms with Crippen molar-refractivity contribution >= 4 is 5.97 Å². The van der Waals surface area contributed by atoms with Crippen LogP contribution in [-0.4, -0.2) is 21.8 Å². The zero-order chi connectivity index (χ0) is 8.20. The SMILES string of the molecule is C=CC[C@](O)(CC)C(=O)O. The van der Waals surface area contributed by atoms with Crippen molar-refractivity contribution in [2.45, 2.75) is 25.4 Å². The Morgan fingerprint density at radius 3 is 2.40 bits per heavy atom. The van der Waals surface area contributed by atoms with Gasteiger partial charge in [0.15, 0.2) is 5.60 Å². The average molecular weight is 144 g/mol. The molecule has 0 heterocycles. The Kier molecular flexibility index (Phi) is 3.09. The summed E-state index contributed by atoms with van der Waals surface area (Å²) < 4.78 is 0. The first kappa shape index (κ1) is 9.17. The normalized spacial score (nSPS) is 15.8. The van der Waals surface area contributed by atoms with Crippen LogP contribution in [0.5, 0.6) is 0 Å². The summed E-state index contributed by atoms with van der Waals surface area (Å²) in [4.78, 5) is 10.3. The lowest BCUT2D eigenvalue weighted by molar-refractivity contribution is -0.158. The summed E-state index contributed by atoms with van der Waals surface area (Å²) in [5.74, 6) is -1.19. The van der Waals surface area contributed by atoms with Gasteiger partial charge in [0.2, 0.25) is 0 Å². The van der Waals surface area contributed by atoms with Gasteiger partial charge in [0, 0.05) is 6.42 Å². The Balaban J connectivity index is 4.21. The van der Waals surface area contributed by atoms with Crippen molar-refractivity contribution in [1.29, 1.82) is 0 Å². The summed E-state index contributed by atoms with van der Waals surface area (Å²) in [6.45, 7) is 4.98. The van der Waals surface area contributed by atoms with Crippen molar-refractivity contribution in [1.82, 2.24) is 0 Å². The minimum Gasteiger partial charge on any atom is -0.479 e. The summed E-state index contributed by atoms with van der Waals surface area (Å²) >= 11 is 0. The molecule has 0 amide bonds. The highest BCUT2D eigenvalue weighted by Crippen LogP contribution is 2.14. The highest BCUT2D eigenvalue weighted by molar-refractivity contribution is 5.77. The third-order valence-corrected chi connectivity index (χ3v) is 1.47. The average Bonchev–Trinajstić information content (AvgIpc) is 1.88. The Hall–Kier alpha value is -0.830. The molecular formula is C7H12O3. The molecule has 0 aromatic carbocycles.